The molecule has 15 heavy (non-hydrogen) atoms. The first-order valence-electron chi connectivity index (χ1n) is 4.50. The van der Waals surface area contributed by atoms with Crippen molar-refractivity contribution < 1.29 is 4.92 Å². The summed E-state index contributed by atoms with van der Waals surface area (Å²) < 4.78 is 0. The minimum absolute atomic E-state index is 0.0193. The van der Waals surface area contributed by atoms with Crippen molar-refractivity contribution in [2.75, 3.05) is 18.1 Å². The summed E-state index contributed by atoms with van der Waals surface area (Å²) in [6, 6.07) is 1.62. The van der Waals surface area contributed by atoms with Crippen molar-refractivity contribution in [2.45, 2.75) is 12.2 Å². The summed E-state index contributed by atoms with van der Waals surface area (Å²) in [6.07, 6.45) is 4.80. The predicted molar refractivity (Wildman–Crippen MR) is 62.4 cm³/mol. The van der Waals surface area contributed by atoms with Crippen molar-refractivity contribution >= 4 is 23.1 Å². The zero-order chi connectivity index (χ0) is 11.3. The van der Waals surface area contributed by atoms with Gasteiger partial charge in [0.2, 0.25) is 0 Å². The molecule has 0 amide bonds. The Labute approximate surface area is 92.4 Å². The van der Waals surface area contributed by atoms with E-state index in [4.69, 9.17) is 0 Å². The number of pyridine rings is 1. The maximum atomic E-state index is 10.7. The van der Waals surface area contributed by atoms with Gasteiger partial charge in [-0.3, -0.25) is 15.1 Å². The van der Waals surface area contributed by atoms with Crippen molar-refractivity contribution in [1.82, 2.24) is 4.98 Å². The van der Waals surface area contributed by atoms with E-state index < -0.39 is 4.92 Å². The summed E-state index contributed by atoms with van der Waals surface area (Å²) in [5, 5.41) is 14.1. The van der Waals surface area contributed by atoms with Crippen molar-refractivity contribution in [2.24, 2.45) is 0 Å². The monoisotopic (exact) mass is 227 g/mol. The van der Waals surface area contributed by atoms with Gasteiger partial charge < -0.3 is 5.32 Å². The fourth-order valence-corrected chi connectivity index (χ4v) is 1.27. The predicted octanol–water partition coefficient (Wildman–Crippen LogP) is 2.15. The highest BCUT2D eigenvalue weighted by molar-refractivity contribution is 7.99. The largest absolute Gasteiger partial charge is 0.378 e. The number of rotatable bonds is 5. The molecule has 0 aliphatic heterocycles. The number of hydrogen-bond acceptors (Lipinski definition) is 5. The summed E-state index contributed by atoms with van der Waals surface area (Å²) >= 11 is 1.71. The molecule has 0 spiro atoms. The molecule has 0 saturated carbocycles. The van der Waals surface area contributed by atoms with E-state index in [1.165, 1.54) is 6.20 Å². The molecule has 0 fully saturated rings. The van der Waals surface area contributed by atoms with E-state index in [0.717, 1.165) is 0 Å². The molecule has 1 rings (SSSR count). The molecule has 0 radical (unpaired) electrons. The van der Waals surface area contributed by atoms with Crippen LogP contribution < -0.4 is 5.32 Å². The highest BCUT2D eigenvalue weighted by Gasteiger charge is 2.13. The maximum Gasteiger partial charge on any atom is 0.310 e. The van der Waals surface area contributed by atoms with E-state index in [9.17, 15) is 10.1 Å². The van der Waals surface area contributed by atoms with Gasteiger partial charge in [0, 0.05) is 18.0 Å². The Morgan fingerprint density at radius 3 is 3.07 bits per heavy atom. The zero-order valence-corrected chi connectivity index (χ0v) is 9.45. The lowest BCUT2D eigenvalue weighted by atomic mass is 10.3. The third-order valence-electron chi connectivity index (χ3n) is 1.98. The number of aromatic nitrogens is 1. The Kier molecular flexibility index (Phi) is 4.36. The molecule has 82 valence electrons. The topological polar surface area (TPSA) is 68.1 Å². The van der Waals surface area contributed by atoms with Gasteiger partial charge in [0.05, 0.1) is 4.92 Å². The SMILES string of the molecule is CSC(C)CNc1ccncc1[N+](=O)[O-]. The average Bonchev–Trinajstić information content (AvgIpc) is 2.26. The summed E-state index contributed by atoms with van der Waals surface area (Å²) in [6.45, 7) is 2.76. The summed E-state index contributed by atoms with van der Waals surface area (Å²) in [7, 11) is 0. The number of hydrogen-bond donors (Lipinski definition) is 1. The van der Waals surface area contributed by atoms with Crippen LogP contribution in [0.15, 0.2) is 18.5 Å². The van der Waals surface area contributed by atoms with E-state index in [1.54, 1.807) is 24.0 Å². The standard InChI is InChI=1S/C9H13N3O2S/c1-7(15-2)5-11-8-3-4-10-6-9(8)12(13)14/h3-4,6-7H,5H2,1-2H3,(H,10,11). The van der Waals surface area contributed by atoms with Crippen LogP contribution in [0.4, 0.5) is 11.4 Å². The van der Waals surface area contributed by atoms with Crippen molar-refractivity contribution in [1.29, 1.82) is 0 Å². The van der Waals surface area contributed by atoms with E-state index in [2.05, 4.69) is 17.2 Å². The molecule has 1 aromatic rings. The smallest absolute Gasteiger partial charge is 0.310 e. The van der Waals surface area contributed by atoms with Crippen LogP contribution in [0.5, 0.6) is 0 Å². The molecule has 1 atom stereocenters. The number of nitro groups is 1. The molecule has 1 N–H and O–H groups in total. The van der Waals surface area contributed by atoms with E-state index in [-0.39, 0.29) is 5.69 Å². The first-order chi connectivity index (χ1) is 7.15. The van der Waals surface area contributed by atoms with Crippen LogP contribution >= 0.6 is 11.8 Å². The number of nitrogens with zero attached hydrogens (tertiary/aromatic N) is 2. The Hall–Kier alpha value is -1.30. The van der Waals surface area contributed by atoms with Crippen molar-refractivity contribution in [3.63, 3.8) is 0 Å². The number of thioether (sulfide) groups is 1. The molecule has 5 nitrogen and oxygen atoms in total. The van der Waals surface area contributed by atoms with Crippen molar-refractivity contribution in [3.8, 4) is 0 Å². The first kappa shape index (κ1) is 11.8. The zero-order valence-electron chi connectivity index (χ0n) is 8.64. The minimum Gasteiger partial charge on any atom is -0.378 e. The Morgan fingerprint density at radius 2 is 2.47 bits per heavy atom. The molecule has 1 heterocycles. The number of nitrogens with one attached hydrogen (secondary N) is 1. The van der Waals surface area contributed by atoms with Crippen LogP contribution in [0.3, 0.4) is 0 Å². The van der Waals surface area contributed by atoms with Gasteiger partial charge in [-0.05, 0) is 12.3 Å². The molecular formula is C9H13N3O2S. The minimum atomic E-state index is -0.431. The fraction of sp³-hybridized carbons (Fsp3) is 0.444. The van der Waals surface area contributed by atoms with Gasteiger partial charge >= 0.3 is 5.69 Å². The third-order valence-corrected chi connectivity index (χ3v) is 2.95. The van der Waals surface area contributed by atoms with Crippen LogP contribution in [-0.4, -0.2) is 28.0 Å². The van der Waals surface area contributed by atoms with Crippen molar-refractivity contribution in [3.05, 3.63) is 28.6 Å². The lowest BCUT2D eigenvalue weighted by Gasteiger charge is -2.10. The summed E-state index contributed by atoms with van der Waals surface area (Å²) in [5.41, 5.74) is 0.543. The van der Waals surface area contributed by atoms with Gasteiger partial charge in [-0.1, -0.05) is 6.92 Å². The lowest BCUT2D eigenvalue weighted by Crippen LogP contribution is -2.13. The molecule has 0 aliphatic rings. The molecule has 0 saturated heterocycles. The van der Waals surface area contributed by atoms with Gasteiger partial charge in [0.1, 0.15) is 11.9 Å². The van der Waals surface area contributed by atoms with Crippen LogP contribution in [-0.2, 0) is 0 Å². The molecule has 0 aliphatic carbocycles. The third kappa shape index (κ3) is 3.39. The van der Waals surface area contributed by atoms with Gasteiger partial charge in [-0.15, -0.1) is 0 Å². The van der Waals surface area contributed by atoms with Gasteiger partial charge in [-0.25, -0.2) is 0 Å². The Bertz CT molecular complexity index is 346. The highest BCUT2D eigenvalue weighted by atomic mass is 32.2. The molecule has 1 unspecified atom stereocenters. The Morgan fingerprint density at radius 1 is 1.73 bits per heavy atom. The van der Waals surface area contributed by atoms with Crippen LogP contribution in [0.1, 0.15) is 6.92 Å². The van der Waals surface area contributed by atoms with Gasteiger partial charge in [0.25, 0.3) is 0 Å². The maximum absolute atomic E-state index is 10.7. The summed E-state index contributed by atoms with van der Waals surface area (Å²) in [5.74, 6) is 0. The fourth-order valence-electron chi connectivity index (χ4n) is 1.02. The molecule has 0 aromatic carbocycles. The van der Waals surface area contributed by atoms with E-state index in [1.807, 2.05) is 6.26 Å². The molecule has 6 heteroatoms. The normalized spacial score (nSPS) is 12.1. The first-order valence-corrected chi connectivity index (χ1v) is 5.79. The van der Waals surface area contributed by atoms with Crippen LogP contribution in [0.2, 0.25) is 0 Å². The van der Waals surface area contributed by atoms with Crippen LogP contribution in [0.25, 0.3) is 0 Å². The average molecular weight is 227 g/mol. The quantitative estimate of drug-likeness (QED) is 0.616. The van der Waals surface area contributed by atoms with Gasteiger partial charge in [0.15, 0.2) is 0 Å². The second-order valence-electron chi connectivity index (χ2n) is 3.08. The van der Waals surface area contributed by atoms with Gasteiger partial charge in [-0.2, -0.15) is 11.8 Å². The van der Waals surface area contributed by atoms with E-state index in [0.29, 0.717) is 17.5 Å². The molecular weight excluding hydrogens is 214 g/mol. The Balaban J connectivity index is 2.72. The summed E-state index contributed by atoms with van der Waals surface area (Å²) in [4.78, 5) is 14.0. The molecule has 0 bridgehead atoms. The highest BCUT2D eigenvalue weighted by Crippen LogP contribution is 2.22. The van der Waals surface area contributed by atoms with E-state index >= 15 is 0 Å². The number of anilines is 1. The molecule has 1 aromatic heterocycles. The lowest BCUT2D eigenvalue weighted by molar-refractivity contribution is -0.384. The van der Waals surface area contributed by atoms with Crippen LogP contribution in [0, 0.1) is 10.1 Å². The second-order valence-corrected chi connectivity index (χ2v) is 4.35. The second kappa shape index (κ2) is 5.55.